The summed E-state index contributed by atoms with van der Waals surface area (Å²) in [7, 11) is 0. The van der Waals surface area contributed by atoms with E-state index in [1.165, 1.54) is 11.8 Å². The summed E-state index contributed by atoms with van der Waals surface area (Å²) in [5.41, 5.74) is 6.30. The highest BCUT2D eigenvalue weighted by atomic mass is 19.4. The van der Waals surface area contributed by atoms with Crippen molar-refractivity contribution in [2.24, 2.45) is 0 Å². The second-order valence-corrected chi connectivity index (χ2v) is 8.77. The van der Waals surface area contributed by atoms with Crippen LogP contribution in [0, 0.1) is 0 Å². The van der Waals surface area contributed by atoms with Gasteiger partial charge in [0, 0.05) is 36.6 Å². The van der Waals surface area contributed by atoms with Crippen LogP contribution in [0.5, 0.6) is 0 Å². The second-order valence-electron chi connectivity index (χ2n) is 8.77. The van der Waals surface area contributed by atoms with Gasteiger partial charge in [0.1, 0.15) is 0 Å². The third-order valence-corrected chi connectivity index (χ3v) is 6.84. The summed E-state index contributed by atoms with van der Waals surface area (Å²) in [5, 5.41) is 0. The molecule has 2 aromatic heterocycles. The van der Waals surface area contributed by atoms with Crippen LogP contribution in [0.25, 0.3) is 16.8 Å². The molecule has 36 heavy (non-hydrogen) atoms. The first-order chi connectivity index (χ1) is 17.4. The molecule has 3 heterocycles. The molecule has 5 rings (SSSR count). The number of fused-ring (bicyclic) bond motifs is 2. The van der Waals surface area contributed by atoms with E-state index in [4.69, 9.17) is 9.59 Å². The van der Waals surface area contributed by atoms with Gasteiger partial charge in [-0.25, -0.2) is 0 Å². The van der Waals surface area contributed by atoms with Gasteiger partial charge in [-0.1, -0.05) is 30.7 Å². The Hall–Kier alpha value is -3.61. The Balaban J connectivity index is 0.000000967. The number of alkyl halides is 3. The summed E-state index contributed by atoms with van der Waals surface area (Å²) < 4.78 is 41.8. The van der Waals surface area contributed by atoms with E-state index in [1.54, 1.807) is 6.20 Å². The molecule has 1 aliphatic heterocycles. The van der Waals surface area contributed by atoms with E-state index in [0.717, 1.165) is 66.5 Å². The first-order valence-electron chi connectivity index (χ1n) is 11.9. The number of benzene rings is 1. The average Bonchev–Trinajstić information content (AvgIpc) is 3.05. The molecule has 186 valence electrons. The first-order valence-corrected chi connectivity index (χ1v) is 11.9. The molecule has 0 atom stereocenters. The summed E-state index contributed by atoms with van der Waals surface area (Å²) in [6.45, 7) is 4.97. The number of carbonyl (C=O) groups excluding carboxylic acids is 2. The number of rotatable bonds is 2. The lowest BCUT2D eigenvalue weighted by atomic mass is 9.87. The number of hydrogen-bond acceptors (Lipinski definition) is 5. The molecular weight excluding hydrogens is 467 g/mol. The van der Waals surface area contributed by atoms with Crippen molar-refractivity contribution < 1.29 is 22.8 Å². The Kier molecular flexibility index (Phi) is 7.77. The Morgan fingerprint density at radius 3 is 2.33 bits per heavy atom. The van der Waals surface area contributed by atoms with E-state index < -0.39 is 11.7 Å². The number of aryl methyl sites for hydroxylation is 1. The largest absolute Gasteiger partial charge is 0.416 e. The number of aromatic nitrogens is 2. The van der Waals surface area contributed by atoms with Crippen molar-refractivity contribution in [2.45, 2.75) is 38.8 Å². The minimum absolute atomic E-state index is 0.250. The molecule has 8 heteroatoms. The van der Waals surface area contributed by atoms with E-state index >= 15 is 0 Å². The topological polar surface area (TPSA) is 63.2 Å². The SMILES string of the molecule is CCN1CCC(=C2c3ccc(-c4ccccn4)cc3CCc3c(C(F)(F)F)ccnc32)CC1.O=C=O. The number of pyridine rings is 2. The average molecular weight is 494 g/mol. The van der Waals surface area contributed by atoms with Gasteiger partial charge in [0.15, 0.2) is 0 Å². The fraction of sp³-hybridized carbons (Fsp3) is 0.321. The van der Waals surface area contributed by atoms with Crippen molar-refractivity contribution in [2.75, 3.05) is 19.6 Å². The highest BCUT2D eigenvalue weighted by Gasteiger charge is 2.36. The first kappa shape index (κ1) is 25.5. The lowest BCUT2D eigenvalue weighted by Crippen LogP contribution is -2.30. The number of likely N-dealkylation sites (tertiary alicyclic amines) is 1. The van der Waals surface area contributed by atoms with Crippen LogP contribution in [-0.4, -0.2) is 40.7 Å². The molecule has 1 aromatic carbocycles. The maximum atomic E-state index is 13.9. The molecule has 1 fully saturated rings. The molecule has 0 bridgehead atoms. The third-order valence-electron chi connectivity index (χ3n) is 6.84. The van der Waals surface area contributed by atoms with E-state index in [9.17, 15) is 13.2 Å². The highest BCUT2D eigenvalue weighted by molar-refractivity contribution is 5.86. The molecule has 1 aliphatic carbocycles. The predicted octanol–water partition coefficient (Wildman–Crippen LogP) is 5.60. The quantitative estimate of drug-likeness (QED) is 0.465. The van der Waals surface area contributed by atoms with Gasteiger partial charge in [0.25, 0.3) is 0 Å². The summed E-state index contributed by atoms with van der Waals surface area (Å²) in [4.78, 5) is 27.6. The minimum atomic E-state index is -4.40. The highest BCUT2D eigenvalue weighted by Crippen LogP contribution is 2.42. The molecule has 0 unspecified atom stereocenters. The van der Waals surface area contributed by atoms with E-state index in [0.29, 0.717) is 24.1 Å². The van der Waals surface area contributed by atoms with Crippen molar-refractivity contribution in [3.63, 3.8) is 0 Å². The van der Waals surface area contributed by atoms with Crippen LogP contribution in [0.15, 0.2) is 60.4 Å². The Labute approximate surface area is 207 Å². The maximum Gasteiger partial charge on any atom is 0.416 e. The third kappa shape index (κ3) is 5.30. The van der Waals surface area contributed by atoms with Crippen LogP contribution >= 0.6 is 0 Å². The summed E-state index contributed by atoms with van der Waals surface area (Å²) in [6.07, 6.45) is 1.47. The summed E-state index contributed by atoms with van der Waals surface area (Å²) in [6, 6.07) is 13.1. The van der Waals surface area contributed by atoms with E-state index in [-0.39, 0.29) is 6.15 Å². The van der Waals surface area contributed by atoms with Crippen molar-refractivity contribution in [1.82, 2.24) is 14.9 Å². The van der Waals surface area contributed by atoms with Crippen molar-refractivity contribution in [1.29, 1.82) is 0 Å². The summed E-state index contributed by atoms with van der Waals surface area (Å²) >= 11 is 0. The molecule has 0 N–H and O–H groups in total. The zero-order valence-corrected chi connectivity index (χ0v) is 19.9. The molecule has 5 nitrogen and oxygen atoms in total. The zero-order chi connectivity index (χ0) is 25.7. The van der Waals surface area contributed by atoms with Crippen LogP contribution in [0.3, 0.4) is 0 Å². The van der Waals surface area contributed by atoms with Crippen LogP contribution in [0.1, 0.15) is 47.7 Å². The number of halogens is 3. The lowest BCUT2D eigenvalue weighted by Gasteiger charge is -2.29. The maximum absolute atomic E-state index is 13.9. The molecule has 3 aromatic rings. The van der Waals surface area contributed by atoms with Crippen LogP contribution in [0.2, 0.25) is 0 Å². The Morgan fingerprint density at radius 1 is 0.944 bits per heavy atom. The van der Waals surface area contributed by atoms with Crippen LogP contribution < -0.4 is 0 Å². The molecule has 1 saturated heterocycles. The van der Waals surface area contributed by atoms with Gasteiger partial charge in [-0.05, 0) is 73.2 Å². The van der Waals surface area contributed by atoms with Gasteiger partial charge in [0.05, 0.1) is 17.0 Å². The second kappa shape index (κ2) is 11.0. The van der Waals surface area contributed by atoms with Crippen LogP contribution in [-0.2, 0) is 28.6 Å². The molecular formula is C28H26F3N3O2. The summed E-state index contributed by atoms with van der Waals surface area (Å²) in [5.74, 6) is 0. The van der Waals surface area contributed by atoms with Gasteiger partial charge in [0.2, 0.25) is 0 Å². The Bertz CT molecular complexity index is 1290. The molecule has 0 saturated carbocycles. The fourth-order valence-electron chi connectivity index (χ4n) is 5.10. The van der Waals surface area contributed by atoms with E-state index in [2.05, 4.69) is 33.9 Å². The molecule has 0 spiro atoms. The number of hydrogen-bond donors (Lipinski definition) is 0. The molecule has 0 radical (unpaired) electrons. The lowest BCUT2D eigenvalue weighted by molar-refractivity contribution is -0.191. The Morgan fingerprint density at radius 2 is 1.69 bits per heavy atom. The van der Waals surface area contributed by atoms with Gasteiger partial charge in [-0.2, -0.15) is 22.8 Å². The normalized spacial score (nSPS) is 15.7. The smallest absolute Gasteiger partial charge is 0.303 e. The zero-order valence-electron chi connectivity index (χ0n) is 19.9. The number of nitrogens with zero attached hydrogens (tertiary/aromatic N) is 3. The van der Waals surface area contributed by atoms with Gasteiger partial charge in [-0.3, -0.25) is 9.97 Å². The van der Waals surface area contributed by atoms with Gasteiger partial charge in [-0.15, -0.1) is 0 Å². The molecule has 2 aliphatic rings. The minimum Gasteiger partial charge on any atom is -0.303 e. The fourth-order valence-corrected chi connectivity index (χ4v) is 5.10. The van der Waals surface area contributed by atoms with Gasteiger partial charge >= 0.3 is 12.3 Å². The predicted molar refractivity (Wildman–Crippen MR) is 129 cm³/mol. The van der Waals surface area contributed by atoms with E-state index in [1.807, 2.05) is 24.3 Å². The van der Waals surface area contributed by atoms with Crippen LogP contribution in [0.4, 0.5) is 13.2 Å². The monoisotopic (exact) mass is 493 g/mol. The molecule has 0 amide bonds. The van der Waals surface area contributed by atoms with Crippen molar-refractivity contribution >= 4 is 11.7 Å². The van der Waals surface area contributed by atoms with Crippen molar-refractivity contribution in [3.8, 4) is 11.3 Å². The number of piperidine rings is 1. The standard InChI is InChI=1S/C27H26F3N3.CO2/c1-2-33-15-11-18(12-16-33)25-21-8-7-20(24-5-3-4-13-31-24)17-19(21)6-9-22-23(27(28,29)30)10-14-32-26(22)25;2-1-3/h3-5,7-8,10,13-14,17H,2,6,9,11-12,15-16H2,1H3;. The van der Waals surface area contributed by atoms with Crippen molar-refractivity contribution in [3.05, 3.63) is 88.4 Å². The van der Waals surface area contributed by atoms with Gasteiger partial charge < -0.3 is 4.90 Å².